The van der Waals surface area contributed by atoms with Crippen LogP contribution in [0.3, 0.4) is 0 Å². The molecule has 0 aromatic carbocycles. The van der Waals surface area contributed by atoms with Crippen LogP contribution < -0.4 is 4.74 Å². The summed E-state index contributed by atoms with van der Waals surface area (Å²) in [6.07, 6.45) is 4.03. The molecular formula is C12H17N3O3. The van der Waals surface area contributed by atoms with Crippen LogP contribution in [0.1, 0.15) is 36.2 Å². The van der Waals surface area contributed by atoms with E-state index in [4.69, 9.17) is 9.57 Å². The van der Waals surface area contributed by atoms with E-state index in [-0.39, 0.29) is 5.91 Å². The van der Waals surface area contributed by atoms with Gasteiger partial charge < -0.3 is 4.74 Å². The number of hydroxylamine groups is 2. The number of aromatic nitrogens is 2. The Labute approximate surface area is 105 Å². The standard InChI is InChI=1S/C12H17N3O3/c16-12(15-6-2-1-3-8-18-15)10-9-11-14(13-10)5-4-7-17-11/h9H,1-8H2. The molecule has 6 nitrogen and oxygen atoms in total. The molecule has 3 rings (SSSR count). The van der Waals surface area contributed by atoms with Crippen molar-refractivity contribution in [3.8, 4) is 5.88 Å². The summed E-state index contributed by atoms with van der Waals surface area (Å²) in [4.78, 5) is 17.7. The number of rotatable bonds is 1. The van der Waals surface area contributed by atoms with Crippen molar-refractivity contribution >= 4 is 5.91 Å². The average molecular weight is 251 g/mol. The molecular weight excluding hydrogens is 234 g/mol. The monoisotopic (exact) mass is 251 g/mol. The molecule has 0 bridgehead atoms. The minimum absolute atomic E-state index is 0.164. The van der Waals surface area contributed by atoms with Crippen molar-refractivity contribution in [1.29, 1.82) is 0 Å². The van der Waals surface area contributed by atoms with Gasteiger partial charge in [0.2, 0.25) is 5.88 Å². The molecule has 0 radical (unpaired) electrons. The number of nitrogens with zero attached hydrogens (tertiary/aromatic N) is 3. The van der Waals surface area contributed by atoms with Crippen LogP contribution in [0.4, 0.5) is 0 Å². The minimum Gasteiger partial charge on any atom is -0.478 e. The van der Waals surface area contributed by atoms with Gasteiger partial charge in [0.25, 0.3) is 5.91 Å². The predicted octanol–water partition coefficient (Wildman–Crippen LogP) is 1.22. The Morgan fingerprint density at radius 3 is 3.00 bits per heavy atom. The van der Waals surface area contributed by atoms with Crippen LogP contribution in [0.2, 0.25) is 0 Å². The molecule has 0 unspecified atom stereocenters. The van der Waals surface area contributed by atoms with Gasteiger partial charge in [-0.3, -0.25) is 9.63 Å². The number of hydrogen-bond acceptors (Lipinski definition) is 4. The molecule has 0 spiro atoms. The van der Waals surface area contributed by atoms with E-state index in [1.165, 1.54) is 5.06 Å². The fraction of sp³-hybridized carbons (Fsp3) is 0.667. The molecule has 1 aromatic rings. The van der Waals surface area contributed by atoms with E-state index in [0.29, 0.717) is 31.3 Å². The first kappa shape index (κ1) is 11.5. The lowest BCUT2D eigenvalue weighted by molar-refractivity contribution is -0.116. The zero-order valence-corrected chi connectivity index (χ0v) is 10.3. The molecule has 98 valence electrons. The maximum atomic E-state index is 12.2. The third-order valence-electron chi connectivity index (χ3n) is 3.21. The first-order valence-corrected chi connectivity index (χ1v) is 6.50. The van der Waals surface area contributed by atoms with E-state index in [0.717, 1.165) is 32.2 Å². The number of carbonyl (C=O) groups is 1. The van der Waals surface area contributed by atoms with E-state index in [1.807, 2.05) is 0 Å². The van der Waals surface area contributed by atoms with Crippen LogP contribution in [0.25, 0.3) is 0 Å². The summed E-state index contributed by atoms with van der Waals surface area (Å²) in [5.74, 6) is 0.516. The van der Waals surface area contributed by atoms with Gasteiger partial charge in [-0.05, 0) is 19.3 Å². The topological polar surface area (TPSA) is 56.6 Å². The van der Waals surface area contributed by atoms with Crippen LogP contribution >= 0.6 is 0 Å². The molecule has 0 atom stereocenters. The average Bonchev–Trinajstić information content (AvgIpc) is 2.64. The summed E-state index contributed by atoms with van der Waals surface area (Å²) in [7, 11) is 0. The molecule has 18 heavy (non-hydrogen) atoms. The Morgan fingerprint density at radius 2 is 2.11 bits per heavy atom. The van der Waals surface area contributed by atoms with Crippen LogP contribution in [0.15, 0.2) is 6.07 Å². The zero-order chi connectivity index (χ0) is 12.4. The first-order valence-electron chi connectivity index (χ1n) is 6.50. The molecule has 1 saturated heterocycles. The Kier molecular flexibility index (Phi) is 3.19. The number of hydrogen-bond donors (Lipinski definition) is 0. The molecule has 2 aliphatic rings. The van der Waals surface area contributed by atoms with Gasteiger partial charge in [0, 0.05) is 25.6 Å². The van der Waals surface area contributed by atoms with Gasteiger partial charge in [0.1, 0.15) is 0 Å². The second-order valence-electron chi connectivity index (χ2n) is 4.59. The third-order valence-corrected chi connectivity index (χ3v) is 3.21. The molecule has 0 aliphatic carbocycles. The van der Waals surface area contributed by atoms with Gasteiger partial charge >= 0.3 is 0 Å². The van der Waals surface area contributed by atoms with Crippen molar-refractivity contribution in [3.05, 3.63) is 11.8 Å². The predicted molar refractivity (Wildman–Crippen MR) is 63.2 cm³/mol. The van der Waals surface area contributed by atoms with Gasteiger partial charge in [-0.2, -0.15) is 5.10 Å². The van der Waals surface area contributed by atoms with Crippen molar-refractivity contribution in [2.75, 3.05) is 19.8 Å². The highest BCUT2D eigenvalue weighted by Crippen LogP contribution is 2.20. The maximum Gasteiger partial charge on any atom is 0.298 e. The molecule has 1 amide bonds. The largest absolute Gasteiger partial charge is 0.478 e. The lowest BCUT2D eigenvalue weighted by Crippen LogP contribution is -2.31. The second kappa shape index (κ2) is 4.97. The Morgan fingerprint density at radius 1 is 1.17 bits per heavy atom. The van der Waals surface area contributed by atoms with Crippen molar-refractivity contribution < 1.29 is 14.4 Å². The van der Waals surface area contributed by atoms with E-state index in [2.05, 4.69) is 5.10 Å². The van der Waals surface area contributed by atoms with Crippen LogP contribution in [-0.2, 0) is 11.4 Å². The fourth-order valence-electron chi connectivity index (χ4n) is 2.23. The summed E-state index contributed by atoms with van der Waals surface area (Å²) in [6.45, 7) is 2.75. The lowest BCUT2D eigenvalue weighted by atomic mass is 10.2. The Bertz CT molecular complexity index is 412. The van der Waals surface area contributed by atoms with Crippen molar-refractivity contribution in [2.24, 2.45) is 0 Å². The van der Waals surface area contributed by atoms with Crippen LogP contribution in [0, 0.1) is 0 Å². The van der Waals surface area contributed by atoms with E-state index >= 15 is 0 Å². The van der Waals surface area contributed by atoms with E-state index in [1.54, 1.807) is 10.7 Å². The molecule has 1 aromatic heterocycles. The van der Waals surface area contributed by atoms with Crippen molar-refractivity contribution in [2.45, 2.75) is 32.2 Å². The highest BCUT2D eigenvalue weighted by molar-refractivity contribution is 5.91. The van der Waals surface area contributed by atoms with Gasteiger partial charge in [-0.1, -0.05) is 0 Å². The van der Waals surface area contributed by atoms with Crippen molar-refractivity contribution in [3.63, 3.8) is 0 Å². The number of ether oxygens (including phenoxy) is 1. The molecule has 1 fully saturated rings. The smallest absolute Gasteiger partial charge is 0.298 e. The van der Waals surface area contributed by atoms with E-state index < -0.39 is 0 Å². The summed E-state index contributed by atoms with van der Waals surface area (Å²) >= 11 is 0. The number of amides is 1. The van der Waals surface area contributed by atoms with E-state index in [9.17, 15) is 4.79 Å². The SMILES string of the molecule is O=C(c1cc2n(n1)CCCO2)N1CCCCCO1. The third kappa shape index (κ3) is 2.20. The van der Waals surface area contributed by atoms with Gasteiger partial charge in [-0.25, -0.2) is 9.75 Å². The fourth-order valence-corrected chi connectivity index (χ4v) is 2.23. The van der Waals surface area contributed by atoms with Gasteiger partial charge in [0.15, 0.2) is 5.69 Å². The molecule has 0 N–H and O–H groups in total. The number of carbonyl (C=O) groups excluding carboxylic acids is 1. The van der Waals surface area contributed by atoms with Crippen LogP contribution in [0.5, 0.6) is 5.88 Å². The van der Waals surface area contributed by atoms with Crippen molar-refractivity contribution in [1.82, 2.24) is 14.8 Å². The molecule has 2 aliphatic heterocycles. The molecule has 0 saturated carbocycles. The Hall–Kier alpha value is -1.56. The van der Waals surface area contributed by atoms with Gasteiger partial charge in [-0.15, -0.1) is 0 Å². The summed E-state index contributed by atoms with van der Waals surface area (Å²) < 4.78 is 7.20. The second-order valence-corrected chi connectivity index (χ2v) is 4.59. The highest BCUT2D eigenvalue weighted by Gasteiger charge is 2.24. The summed E-state index contributed by atoms with van der Waals surface area (Å²) in [5, 5.41) is 5.71. The Balaban J connectivity index is 1.76. The highest BCUT2D eigenvalue weighted by atomic mass is 16.7. The lowest BCUT2D eigenvalue weighted by Gasteiger charge is -2.17. The molecule has 6 heteroatoms. The number of fused-ring (bicyclic) bond motifs is 1. The van der Waals surface area contributed by atoms with Gasteiger partial charge in [0.05, 0.1) is 13.2 Å². The normalized spacial score (nSPS) is 19.9. The summed E-state index contributed by atoms with van der Waals surface area (Å²) in [5.41, 5.74) is 0.411. The number of aryl methyl sites for hydroxylation is 1. The van der Waals surface area contributed by atoms with Crippen LogP contribution in [-0.4, -0.2) is 40.5 Å². The zero-order valence-electron chi connectivity index (χ0n) is 10.3. The summed E-state index contributed by atoms with van der Waals surface area (Å²) in [6, 6.07) is 1.70. The maximum absolute atomic E-state index is 12.2. The first-order chi connectivity index (χ1) is 8.84. The quantitative estimate of drug-likeness (QED) is 0.753. The minimum atomic E-state index is -0.164. The molecule has 3 heterocycles.